The Bertz CT molecular complexity index is 563. The molecule has 0 bridgehead atoms. The van der Waals surface area contributed by atoms with Crippen LogP contribution in [0.4, 0.5) is 0 Å². The van der Waals surface area contributed by atoms with Crippen molar-refractivity contribution in [2.75, 3.05) is 12.3 Å². The first-order valence-corrected chi connectivity index (χ1v) is 9.04. The van der Waals surface area contributed by atoms with Gasteiger partial charge in [0.1, 0.15) is 11.3 Å². The van der Waals surface area contributed by atoms with Gasteiger partial charge in [0.05, 0.1) is 6.04 Å². The Morgan fingerprint density at radius 1 is 1.29 bits per heavy atom. The number of fused-ring (bicyclic) bond motifs is 1. The Morgan fingerprint density at radius 2 is 2.10 bits per heavy atom. The quantitative estimate of drug-likeness (QED) is 0.715. The van der Waals surface area contributed by atoms with E-state index in [9.17, 15) is 0 Å². The van der Waals surface area contributed by atoms with E-state index in [4.69, 9.17) is 4.42 Å². The van der Waals surface area contributed by atoms with Gasteiger partial charge in [-0.1, -0.05) is 39.0 Å². The first kappa shape index (κ1) is 16.4. The van der Waals surface area contributed by atoms with E-state index in [0.717, 1.165) is 30.1 Å². The Kier molecular flexibility index (Phi) is 6.19. The number of hydrogen-bond acceptors (Lipinski definition) is 3. The third kappa shape index (κ3) is 4.27. The van der Waals surface area contributed by atoms with Crippen molar-refractivity contribution in [3.05, 3.63) is 35.6 Å². The number of nitrogens with one attached hydrogen (secondary N) is 1. The zero-order valence-electron chi connectivity index (χ0n) is 13.6. The van der Waals surface area contributed by atoms with Crippen LogP contribution in [0.2, 0.25) is 0 Å². The van der Waals surface area contributed by atoms with Gasteiger partial charge in [0.25, 0.3) is 0 Å². The highest BCUT2D eigenvalue weighted by molar-refractivity contribution is 7.99. The van der Waals surface area contributed by atoms with E-state index in [1.165, 1.54) is 17.4 Å². The summed E-state index contributed by atoms with van der Waals surface area (Å²) < 4.78 is 6.15. The molecular weight excluding hydrogens is 278 g/mol. The van der Waals surface area contributed by atoms with Crippen LogP contribution in [0.25, 0.3) is 11.0 Å². The maximum Gasteiger partial charge on any atom is 0.137 e. The minimum absolute atomic E-state index is 0.302. The smallest absolute Gasteiger partial charge is 0.137 e. The summed E-state index contributed by atoms with van der Waals surface area (Å²) in [6.07, 6.45) is 2.36. The van der Waals surface area contributed by atoms with E-state index in [-0.39, 0.29) is 0 Å². The van der Waals surface area contributed by atoms with E-state index < -0.39 is 0 Å². The fraction of sp³-hybridized carbons (Fsp3) is 0.556. The Hall–Kier alpha value is -0.930. The molecule has 0 fully saturated rings. The van der Waals surface area contributed by atoms with E-state index >= 15 is 0 Å². The van der Waals surface area contributed by atoms with Gasteiger partial charge in [0, 0.05) is 16.4 Å². The van der Waals surface area contributed by atoms with Gasteiger partial charge in [0.15, 0.2) is 0 Å². The van der Waals surface area contributed by atoms with Gasteiger partial charge < -0.3 is 9.73 Å². The zero-order valence-corrected chi connectivity index (χ0v) is 14.4. The van der Waals surface area contributed by atoms with Crippen LogP contribution in [0.3, 0.4) is 0 Å². The van der Waals surface area contributed by atoms with Gasteiger partial charge in [-0.25, -0.2) is 0 Å². The molecule has 0 saturated heterocycles. The molecule has 0 saturated carbocycles. The second-order valence-electron chi connectivity index (χ2n) is 5.70. The Labute approximate surface area is 132 Å². The third-order valence-electron chi connectivity index (χ3n) is 3.87. The monoisotopic (exact) mass is 305 g/mol. The highest BCUT2D eigenvalue weighted by Gasteiger charge is 2.17. The van der Waals surface area contributed by atoms with Crippen LogP contribution in [0.1, 0.15) is 51.0 Å². The summed E-state index contributed by atoms with van der Waals surface area (Å²) in [4.78, 5) is 0. The molecule has 0 spiro atoms. The van der Waals surface area contributed by atoms with Crippen LogP contribution in [-0.2, 0) is 0 Å². The number of aryl methyl sites for hydroxylation is 1. The van der Waals surface area contributed by atoms with Gasteiger partial charge in [-0.3, -0.25) is 0 Å². The number of para-hydroxylation sites is 1. The summed E-state index contributed by atoms with van der Waals surface area (Å²) in [6, 6.07) is 8.84. The summed E-state index contributed by atoms with van der Waals surface area (Å²) in [5.41, 5.74) is 2.24. The molecule has 0 amide bonds. The topological polar surface area (TPSA) is 25.2 Å². The average Bonchev–Trinajstić information content (AvgIpc) is 2.92. The molecule has 116 valence electrons. The molecule has 3 heteroatoms. The standard InChI is InChI=1S/C18H27NOS/c1-5-10-19-16(12-21-14(4)6-2)17-11-15-9-7-8-13(3)18(15)20-17/h7-9,11,14,16,19H,5-6,10,12H2,1-4H3. The molecule has 0 aliphatic carbocycles. The van der Waals surface area contributed by atoms with E-state index in [1.54, 1.807) is 0 Å². The number of rotatable bonds is 8. The van der Waals surface area contributed by atoms with Gasteiger partial charge >= 0.3 is 0 Å². The zero-order chi connectivity index (χ0) is 15.2. The molecule has 0 aliphatic heterocycles. The second-order valence-corrected chi connectivity index (χ2v) is 7.17. The van der Waals surface area contributed by atoms with E-state index in [0.29, 0.717) is 11.3 Å². The normalized spacial score (nSPS) is 14.5. The average molecular weight is 305 g/mol. The third-order valence-corrected chi connectivity index (χ3v) is 5.29. The molecule has 0 radical (unpaired) electrons. The molecule has 2 nitrogen and oxygen atoms in total. The predicted molar refractivity (Wildman–Crippen MR) is 94.2 cm³/mol. The fourth-order valence-electron chi connectivity index (χ4n) is 2.34. The molecular formula is C18H27NOS. The van der Waals surface area contributed by atoms with Crippen molar-refractivity contribution in [1.29, 1.82) is 0 Å². The van der Waals surface area contributed by atoms with Crippen LogP contribution in [0.5, 0.6) is 0 Å². The Morgan fingerprint density at radius 3 is 2.76 bits per heavy atom. The van der Waals surface area contributed by atoms with Crippen molar-refractivity contribution in [2.24, 2.45) is 0 Å². The lowest BCUT2D eigenvalue weighted by molar-refractivity contribution is 0.455. The molecule has 1 heterocycles. The molecule has 21 heavy (non-hydrogen) atoms. The van der Waals surface area contributed by atoms with E-state index in [1.807, 2.05) is 11.8 Å². The lowest BCUT2D eigenvalue weighted by Gasteiger charge is -2.18. The van der Waals surface area contributed by atoms with Crippen LogP contribution in [0, 0.1) is 6.92 Å². The van der Waals surface area contributed by atoms with E-state index in [2.05, 4.69) is 57.3 Å². The van der Waals surface area contributed by atoms with Gasteiger partial charge in [-0.05, 0) is 37.9 Å². The number of thioether (sulfide) groups is 1. The van der Waals surface area contributed by atoms with Gasteiger partial charge in [0.2, 0.25) is 0 Å². The second kappa shape index (κ2) is 7.90. The van der Waals surface area contributed by atoms with Gasteiger partial charge in [-0.15, -0.1) is 0 Å². The summed E-state index contributed by atoms with van der Waals surface area (Å²) in [5.74, 6) is 2.14. The summed E-state index contributed by atoms with van der Waals surface area (Å²) in [7, 11) is 0. The highest BCUT2D eigenvalue weighted by atomic mass is 32.2. The number of benzene rings is 1. The predicted octanol–water partition coefficient (Wildman–Crippen LogP) is 5.31. The molecule has 2 atom stereocenters. The van der Waals surface area contributed by atoms with Gasteiger partial charge in [-0.2, -0.15) is 11.8 Å². The summed E-state index contributed by atoms with van der Waals surface area (Å²) >= 11 is 2.02. The highest BCUT2D eigenvalue weighted by Crippen LogP contribution is 2.29. The number of furan rings is 1. The Balaban J connectivity index is 2.18. The van der Waals surface area contributed by atoms with Crippen molar-refractivity contribution in [3.8, 4) is 0 Å². The lowest BCUT2D eigenvalue weighted by atomic mass is 10.1. The van der Waals surface area contributed by atoms with Crippen LogP contribution in [0.15, 0.2) is 28.7 Å². The summed E-state index contributed by atoms with van der Waals surface area (Å²) in [5, 5.41) is 5.54. The molecule has 1 N–H and O–H groups in total. The van der Waals surface area contributed by atoms with Crippen LogP contribution in [-0.4, -0.2) is 17.5 Å². The molecule has 0 aliphatic rings. The summed E-state index contributed by atoms with van der Waals surface area (Å²) in [6.45, 7) is 9.88. The first-order valence-electron chi connectivity index (χ1n) is 7.99. The molecule has 2 aromatic rings. The van der Waals surface area contributed by atoms with Crippen LogP contribution < -0.4 is 5.32 Å². The SMILES string of the molecule is CCCNC(CSC(C)CC)c1cc2cccc(C)c2o1. The van der Waals surface area contributed by atoms with Crippen molar-refractivity contribution in [3.63, 3.8) is 0 Å². The molecule has 2 unspecified atom stereocenters. The van der Waals surface area contributed by atoms with Crippen molar-refractivity contribution in [2.45, 2.75) is 51.8 Å². The first-order chi connectivity index (χ1) is 10.2. The maximum absolute atomic E-state index is 6.15. The minimum atomic E-state index is 0.302. The minimum Gasteiger partial charge on any atom is -0.459 e. The molecule has 1 aromatic carbocycles. The van der Waals surface area contributed by atoms with Crippen molar-refractivity contribution >= 4 is 22.7 Å². The maximum atomic E-state index is 6.15. The van der Waals surface area contributed by atoms with Crippen molar-refractivity contribution in [1.82, 2.24) is 5.32 Å². The molecule has 2 rings (SSSR count). The van der Waals surface area contributed by atoms with Crippen LogP contribution >= 0.6 is 11.8 Å². The molecule has 1 aromatic heterocycles. The lowest BCUT2D eigenvalue weighted by Crippen LogP contribution is -2.24. The fourth-order valence-corrected chi connectivity index (χ4v) is 3.38. The number of hydrogen-bond donors (Lipinski definition) is 1. The largest absolute Gasteiger partial charge is 0.459 e. The van der Waals surface area contributed by atoms with Crippen molar-refractivity contribution < 1.29 is 4.42 Å².